The first-order valence-corrected chi connectivity index (χ1v) is 6.61. The Kier molecular flexibility index (Phi) is 5.72. The molecule has 0 aliphatic heterocycles. The molecule has 0 aliphatic rings. The molecule has 0 aromatic carbocycles. The topological polar surface area (TPSA) is 49.5 Å². The van der Waals surface area contributed by atoms with E-state index in [0.717, 1.165) is 15.6 Å². The maximum atomic E-state index is 8.99. The molecular formula is C11H19ClN2OS. The van der Waals surface area contributed by atoms with Crippen LogP contribution in [0.3, 0.4) is 0 Å². The van der Waals surface area contributed by atoms with Crippen LogP contribution in [-0.4, -0.2) is 36.2 Å². The number of likely N-dealkylation sites (N-methyl/N-ethyl adjacent to an activating group) is 1. The minimum Gasteiger partial charge on any atom is -0.395 e. The number of nitrogens with zero attached hydrogens (tertiary/aromatic N) is 1. The maximum absolute atomic E-state index is 8.99. The minimum atomic E-state index is 0.0614. The van der Waals surface area contributed by atoms with Crippen molar-refractivity contribution in [2.75, 3.05) is 20.2 Å². The fourth-order valence-corrected chi connectivity index (χ4v) is 3.07. The predicted molar refractivity (Wildman–Crippen MR) is 70.1 cm³/mol. The summed E-state index contributed by atoms with van der Waals surface area (Å²) in [6, 6.07) is 4.10. The van der Waals surface area contributed by atoms with Gasteiger partial charge in [-0.15, -0.1) is 11.3 Å². The summed E-state index contributed by atoms with van der Waals surface area (Å²) < 4.78 is 0.778. The Morgan fingerprint density at radius 1 is 1.56 bits per heavy atom. The maximum Gasteiger partial charge on any atom is 0.0931 e. The summed E-state index contributed by atoms with van der Waals surface area (Å²) >= 11 is 7.50. The number of halogens is 1. The van der Waals surface area contributed by atoms with Crippen LogP contribution in [-0.2, 0) is 0 Å². The molecule has 2 atom stereocenters. The number of hydrogen-bond donors (Lipinski definition) is 2. The molecule has 0 aliphatic carbocycles. The highest BCUT2D eigenvalue weighted by Gasteiger charge is 2.24. The fraction of sp³-hybridized carbons (Fsp3) is 0.636. The summed E-state index contributed by atoms with van der Waals surface area (Å²) in [5, 5.41) is 8.99. The van der Waals surface area contributed by atoms with Gasteiger partial charge in [-0.05, 0) is 25.6 Å². The molecule has 0 amide bonds. The van der Waals surface area contributed by atoms with E-state index in [1.54, 1.807) is 11.3 Å². The zero-order valence-electron chi connectivity index (χ0n) is 9.69. The Morgan fingerprint density at radius 3 is 2.69 bits per heavy atom. The molecule has 92 valence electrons. The fourth-order valence-electron chi connectivity index (χ4n) is 1.76. The second-order valence-corrected chi connectivity index (χ2v) is 5.61. The van der Waals surface area contributed by atoms with E-state index >= 15 is 0 Å². The van der Waals surface area contributed by atoms with E-state index in [-0.39, 0.29) is 18.7 Å². The second-order valence-electron chi connectivity index (χ2n) is 3.86. The first-order chi connectivity index (χ1) is 7.60. The quantitative estimate of drug-likeness (QED) is 0.826. The Morgan fingerprint density at radius 2 is 2.25 bits per heavy atom. The summed E-state index contributed by atoms with van der Waals surface area (Å²) in [5.74, 6) is 0. The Bertz CT molecular complexity index is 319. The first kappa shape index (κ1) is 13.9. The van der Waals surface area contributed by atoms with Gasteiger partial charge in [0.15, 0.2) is 0 Å². The van der Waals surface area contributed by atoms with Crippen LogP contribution in [0.4, 0.5) is 0 Å². The Hall–Kier alpha value is -0.130. The number of aliphatic hydroxyl groups is 1. The predicted octanol–water partition coefficient (Wildman–Crippen LogP) is 2.10. The molecule has 1 heterocycles. The minimum absolute atomic E-state index is 0.0614. The lowest BCUT2D eigenvalue weighted by molar-refractivity contribution is 0.164. The van der Waals surface area contributed by atoms with Gasteiger partial charge in [-0.1, -0.05) is 18.5 Å². The van der Waals surface area contributed by atoms with Crippen molar-refractivity contribution in [1.29, 1.82) is 0 Å². The molecule has 1 rings (SSSR count). The van der Waals surface area contributed by atoms with Crippen molar-refractivity contribution in [2.24, 2.45) is 5.73 Å². The number of nitrogens with two attached hydrogens (primary N) is 1. The highest BCUT2D eigenvalue weighted by molar-refractivity contribution is 7.16. The molecule has 0 saturated carbocycles. The zero-order valence-corrected chi connectivity index (χ0v) is 11.3. The molecule has 0 saturated heterocycles. The van der Waals surface area contributed by atoms with Crippen LogP contribution >= 0.6 is 22.9 Å². The van der Waals surface area contributed by atoms with Gasteiger partial charge in [0.1, 0.15) is 0 Å². The molecule has 3 N–H and O–H groups in total. The highest BCUT2D eigenvalue weighted by Crippen LogP contribution is 2.32. The molecule has 5 heteroatoms. The van der Waals surface area contributed by atoms with Gasteiger partial charge in [0, 0.05) is 17.5 Å². The highest BCUT2D eigenvalue weighted by atomic mass is 35.5. The van der Waals surface area contributed by atoms with Gasteiger partial charge >= 0.3 is 0 Å². The van der Waals surface area contributed by atoms with E-state index in [1.807, 2.05) is 19.2 Å². The van der Waals surface area contributed by atoms with E-state index in [2.05, 4.69) is 11.8 Å². The van der Waals surface area contributed by atoms with Crippen molar-refractivity contribution < 1.29 is 5.11 Å². The lowest BCUT2D eigenvalue weighted by Crippen LogP contribution is -2.39. The van der Waals surface area contributed by atoms with Gasteiger partial charge in [0.05, 0.1) is 17.0 Å². The van der Waals surface area contributed by atoms with Crippen LogP contribution in [0, 0.1) is 0 Å². The van der Waals surface area contributed by atoms with Crippen molar-refractivity contribution in [3.8, 4) is 0 Å². The van der Waals surface area contributed by atoms with E-state index < -0.39 is 0 Å². The molecule has 0 bridgehead atoms. The van der Waals surface area contributed by atoms with Crippen molar-refractivity contribution in [1.82, 2.24) is 4.90 Å². The lowest BCUT2D eigenvalue weighted by atomic mass is 10.0. The van der Waals surface area contributed by atoms with E-state index in [9.17, 15) is 0 Å². The molecule has 1 aromatic heterocycles. The average Bonchev–Trinajstić information content (AvgIpc) is 2.65. The molecule has 0 radical (unpaired) electrons. The summed E-state index contributed by atoms with van der Waals surface area (Å²) in [4.78, 5) is 3.24. The van der Waals surface area contributed by atoms with E-state index in [4.69, 9.17) is 22.4 Å². The normalized spacial score (nSPS) is 15.4. The van der Waals surface area contributed by atoms with Crippen molar-refractivity contribution >= 4 is 22.9 Å². The Labute approximate surface area is 106 Å². The van der Waals surface area contributed by atoms with Gasteiger partial charge in [0.2, 0.25) is 0 Å². The van der Waals surface area contributed by atoms with Crippen LogP contribution < -0.4 is 5.73 Å². The zero-order chi connectivity index (χ0) is 12.1. The lowest BCUT2D eigenvalue weighted by Gasteiger charge is -2.31. The Balaban J connectivity index is 2.86. The SMILES string of the molecule is CCC(N)C(c1ccc(Cl)s1)N(C)CCO. The number of rotatable bonds is 6. The smallest absolute Gasteiger partial charge is 0.0931 e. The monoisotopic (exact) mass is 262 g/mol. The molecule has 3 nitrogen and oxygen atoms in total. The van der Waals surface area contributed by atoms with Crippen LogP contribution in [0.25, 0.3) is 0 Å². The van der Waals surface area contributed by atoms with E-state index in [1.165, 1.54) is 0 Å². The third kappa shape index (κ3) is 3.43. The van der Waals surface area contributed by atoms with E-state index in [0.29, 0.717) is 6.54 Å². The number of hydrogen-bond acceptors (Lipinski definition) is 4. The van der Waals surface area contributed by atoms with Gasteiger partial charge < -0.3 is 10.8 Å². The first-order valence-electron chi connectivity index (χ1n) is 5.42. The number of thiophene rings is 1. The van der Waals surface area contributed by atoms with Crippen molar-refractivity contribution in [3.63, 3.8) is 0 Å². The third-order valence-electron chi connectivity index (χ3n) is 2.69. The van der Waals surface area contributed by atoms with Gasteiger partial charge in [-0.25, -0.2) is 0 Å². The van der Waals surface area contributed by atoms with Crippen LogP contribution in [0.5, 0.6) is 0 Å². The molecule has 2 unspecified atom stereocenters. The van der Waals surface area contributed by atoms with Gasteiger partial charge in [-0.2, -0.15) is 0 Å². The van der Waals surface area contributed by atoms with Gasteiger partial charge in [0.25, 0.3) is 0 Å². The van der Waals surface area contributed by atoms with Crippen molar-refractivity contribution in [3.05, 3.63) is 21.3 Å². The van der Waals surface area contributed by atoms with Crippen molar-refractivity contribution in [2.45, 2.75) is 25.4 Å². The molecule has 0 fully saturated rings. The summed E-state index contributed by atoms with van der Waals surface area (Å²) in [6.07, 6.45) is 0.899. The largest absolute Gasteiger partial charge is 0.395 e. The van der Waals surface area contributed by atoms with Gasteiger partial charge in [-0.3, -0.25) is 4.90 Å². The molecule has 0 spiro atoms. The van der Waals surface area contributed by atoms with Crippen LogP contribution in [0.2, 0.25) is 4.34 Å². The molecule has 1 aromatic rings. The summed E-state index contributed by atoms with van der Waals surface area (Å²) in [6.45, 7) is 2.83. The summed E-state index contributed by atoms with van der Waals surface area (Å²) in [5.41, 5.74) is 6.13. The summed E-state index contributed by atoms with van der Waals surface area (Å²) in [7, 11) is 1.98. The number of aliphatic hydroxyl groups excluding tert-OH is 1. The molecule has 16 heavy (non-hydrogen) atoms. The second kappa shape index (κ2) is 6.57. The standard InChI is InChI=1S/C11H19ClN2OS/c1-3-8(13)11(14(2)6-7-15)9-4-5-10(12)16-9/h4-5,8,11,15H,3,6-7,13H2,1-2H3. The molecular weight excluding hydrogens is 244 g/mol. The van der Waals surface area contributed by atoms with Crippen LogP contribution in [0.15, 0.2) is 12.1 Å². The average molecular weight is 263 g/mol. The van der Waals surface area contributed by atoms with Crippen LogP contribution in [0.1, 0.15) is 24.3 Å². The third-order valence-corrected chi connectivity index (χ3v) is 3.99.